The smallest absolute Gasteiger partial charge is 0.256 e. The van der Waals surface area contributed by atoms with Gasteiger partial charge in [-0.25, -0.2) is 4.39 Å². The Balaban J connectivity index is 1.69. The van der Waals surface area contributed by atoms with Crippen molar-refractivity contribution < 1.29 is 9.18 Å². The Morgan fingerprint density at radius 3 is 2.61 bits per heavy atom. The quantitative estimate of drug-likeness (QED) is 0.351. The Morgan fingerprint density at radius 1 is 1.06 bits per heavy atom. The van der Waals surface area contributed by atoms with Gasteiger partial charge in [0.15, 0.2) is 0 Å². The molecule has 0 aliphatic heterocycles. The molecule has 0 saturated heterocycles. The molecule has 0 aliphatic carbocycles. The summed E-state index contributed by atoms with van der Waals surface area (Å²) in [6, 6.07) is 18.9. The van der Waals surface area contributed by atoms with E-state index in [0.717, 1.165) is 10.5 Å². The summed E-state index contributed by atoms with van der Waals surface area (Å²) < 4.78 is 15.5. The molecule has 0 saturated carbocycles. The summed E-state index contributed by atoms with van der Waals surface area (Å²) in [6.07, 6.45) is 3.78. The van der Waals surface area contributed by atoms with E-state index in [2.05, 4.69) is 10.4 Å². The number of halogens is 2. The number of nitrogens with zero attached hydrogens (tertiary/aromatic N) is 2. The van der Waals surface area contributed by atoms with Gasteiger partial charge in [0, 0.05) is 35.0 Å². The van der Waals surface area contributed by atoms with Crippen LogP contribution in [0.2, 0.25) is 5.02 Å². The summed E-state index contributed by atoms with van der Waals surface area (Å²) in [7, 11) is 1.83. The largest absolute Gasteiger partial charge is 0.322 e. The first-order valence-electron chi connectivity index (χ1n) is 9.49. The number of benzene rings is 3. The van der Waals surface area contributed by atoms with Crippen LogP contribution in [0.5, 0.6) is 0 Å². The second-order valence-electron chi connectivity index (χ2n) is 6.95. The Bertz CT molecular complexity index is 1270. The molecule has 0 fully saturated rings. The molecule has 0 aliphatic rings. The van der Waals surface area contributed by atoms with E-state index in [-0.39, 0.29) is 11.7 Å². The van der Waals surface area contributed by atoms with Crippen molar-refractivity contribution in [1.82, 2.24) is 9.78 Å². The number of anilines is 1. The topological polar surface area (TPSA) is 46.9 Å². The van der Waals surface area contributed by atoms with Crippen molar-refractivity contribution in [3.05, 3.63) is 89.3 Å². The lowest BCUT2D eigenvalue weighted by Crippen LogP contribution is -2.13. The van der Waals surface area contributed by atoms with E-state index in [1.165, 1.54) is 12.1 Å². The third-order valence-electron chi connectivity index (χ3n) is 4.82. The molecule has 1 amide bonds. The van der Waals surface area contributed by atoms with Crippen LogP contribution in [0.25, 0.3) is 22.4 Å². The van der Waals surface area contributed by atoms with Crippen molar-refractivity contribution in [2.24, 2.45) is 7.05 Å². The third kappa shape index (κ3) is 4.65. The standard InChI is InChI=1S/C24H19ClFN3OS/c1-29-11-10-23(28-29)21-13-17(6-9-22(21)25)27-24(30)19-8-7-18(31-2)14-20(19)15-4-3-5-16(26)12-15/h3-14H,1-2H3,(H,27,30). The minimum absolute atomic E-state index is 0.291. The summed E-state index contributed by atoms with van der Waals surface area (Å²) >= 11 is 7.91. The SMILES string of the molecule is CSc1ccc(C(=O)Nc2ccc(Cl)c(-c3ccn(C)n3)c2)c(-c2cccc(F)c2)c1. The second kappa shape index (κ2) is 8.96. The lowest BCUT2D eigenvalue weighted by Gasteiger charge is -2.13. The highest BCUT2D eigenvalue weighted by molar-refractivity contribution is 7.98. The van der Waals surface area contributed by atoms with E-state index in [1.807, 2.05) is 37.7 Å². The number of amides is 1. The maximum atomic E-state index is 13.8. The van der Waals surface area contributed by atoms with Gasteiger partial charge in [-0.05, 0) is 72.0 Å². The monoisotopic (exact) mass is 451 g/mol. The van der Waals surface area contributed by atoms with Gasteiger partial charge in [-0.3, -0.25) is 9.48 Å². The van der Waals surface area contributed by atoms with Crippen LogP contribution >= 0.6 is 23.4 Å². The van der Waals surface area contributed by atoms with Gasteiger partial charge >= 0.3 is 0 Å². The van der Waals surface area contributed by atoms with Crippen LogP contribution in [0.4, 0.5) is 10.1 Å². The van der Waals surface area contributed by atoms with Crippen LogP contribution in [0.3, 0.4) is 0 Å². The fraction of sp³-hybridized carbons (Fsp3) is 0.0833. The van der Waals surface area contributed by atoms with Gasteiger partial charge < -0.3 is 5.32 Å². The van der Waals surface area contributed by atoms with Gasteiger partial charge in [0.05, 0.1) is 10.7 Å². The lowest BCUT2D eigenvalue weighted by atomic mass is 9.99. The number of rotatable bonds is 5. The molecule has 1 heterocycles. The summed E-state index contributed by atoms with van der Waals surface area (Å²) in [6.45, 7) is 0. The van der Waals surface area contributed by atoms with E-state index < -0.39 is 0 Å². The van der Waals surface area contributed by atoms with Gasteiger partial charge in [0.2, 0.25) is 0 Å². The number of aromatic nitrogens is 2. The second-order valence-corrected chi connectivity index (χ2v) is 8.23. The molecule has 0 bridgehead atoms. The van der Waals surface area contributed by atoms with Crippen LogP contribution in [-0.2, 0) is 7.05 Å². The molecule has 156 valence electrons. The number of carbonyl (C=O) groups is 1. The molecule has 4 nitrogen and oxygen atoms in total. The molecule has 0 atom stereocenters. The highest BCUT2D eigenvalue weighted by Gasteiger charge is 2.16. The molecule has 1 aromatic heterocycles. The fourth-order valence-electron chi connectivity index (χ4n) is 3.30. The minimum Gasteiger partial charge on any atom is -0.322 e. The average Bonchev–Trinajstić information content (AvgIpc) is 3.20. The third-order valence-corrected chi connectivity index (χ3v) is 5.88. The van der Waals surface area contributed by atoms with Gasteiger partial charge in [-0.15, -0.1) is 11.8 Å². The minimum atomic E-state index is -0.351. The van der Waals surface area contributed by atoms with Crippen molar-refractivity contribution in [2.75, 3.05) is 11.6 Å². The van der Waals surface area contributed by atoms with Gasteiger partial charge in [0.25, 0.3) is 5.91 Å². The molecule has 0 radical (unpaired) electrons. The van der Waals surface area contributed by atoms with Crippen molar-refractivity contribution >= 4 is 35.0 Å². The zero-order valence-electron chi connectivity index (χ0n) is 16.9. The fourth-order valence-corrected chi connectivity index (χ4v) is 3.95. The number of hydrogen-bond acceptors (Lipinski definition) is 3. The molecule has 3 aromatic carbocycles. The van der Waals surface area contributed by atoms with E-state index in [9.17, 15) is 9.18 Å². The van der Waals surface area contributed by atoms with Crippen LogP contribution in [0, 0.1) is 5.82 Å². The first kappa shape index (κ1) is 21.2. The zero-order chi connectivity index (χ0) is 22.0. The number of thioether (sulfide) groups is 1. The summed E-state index contributed by atoms with van der Waals surface area (Å²) in [5.74, 6) is -0.641. The number of hydrogen-bond donors (Lipinski definition) is 1. The summed E-state index contributed by atoms with van der Waals surface area (Å²) in [5.41, 5.74) is 3.80. The predicted octanol–water partition coefficient (Wildman–Crippen LogP) is 6.52. The molecule has 7 heteroatoms. The molecule has 1 N–H and O–H groups in total. The Labute approximate surface area is 189 Å². The van der Waals surface area contributed by atoms with Crippen molar-refractivity contribution in [2.45, 2.75) is 4.90 Å². The molecule has 4 rings (SSSR count). The van der Waals surface area contributed by atoms with E-state index in [4.69, 9.17) is 11.6 Å². The van der Waals surface area contributed by atoms with Gasteiger partial charge in [0.1, 0.15) is 5.82 Å². The maximum absolute atomic E-state index is 13.8. The zero-order valence-corrected chi connectivity index (χ0v) is 18.5. The van der Waals surface area contributed by atoms with Gasteiger partial charge in [-0.2, -0.15) is 5.10 Å². The van der Waals surface area contributed by atoms with Crippen LogP contribution in [0.15, 0.2) is 77.8 Å². The van der Waals surface area contributed by atoms with Crippen molar-refractivity contribution in [3.8, 4) is 22.4 Å². The summed E-state index contributed by atoms with van der Waals surface area (Å²) in [5, 5.41) is 7.86. The molecule has 0 unspecified atom stereocenters. The summed E-state index contributed by atoms with van der Waals surface area (Å²) in [4.78, 5) is 14.2. The van der Waals surface area contributed by atoms with Crippen molar-refractivity contribution in [1.29, 1.82) is 0 Å². The van der Waals surface area contributed by atoms with E-state index in [1.54, 1.807) is 52.8 Å². The maximum Gasteiger partial charge on any atom is 0.256 e. The first-order valence-corrected chi connectivity index (χ1v) is 11.1. The predicted molar refractivity (Wildman–Crippen MR) is 125 cm³/mol. The van der Waals surface area contributed by atoms with E-state index in [0.29, 0.717) is 33.1 Å². The Kier molecular flexibility index (Phi) is 6.11. The average molecular weight is 452 g/mol. The molecular formula is C24H19ClFN3OS. The number of aryl methyl sites for hydroxylation is 1. The first-order chi connectivity index (χ1) is 14.9. The Morgan fingerprint density at radius 2 is 1.90 bits per heavy atom. The normalized spacial score (nSPS) is 10.8. The van der Waals surface area contributed by atoms with Gasteiger partial charge in [-0.1, -0.05) is 23.7 Å². The molecular weight excluding hydrogens is 433 g/mol. The van der Waals surface area contributed by atoms with Crippen molar-refractivity contribution in [3.63, 3.8) is 0 Å². The number of nitrogens with one attached hydrogen (secondary N) is 1. The highest BCUT2D eigenvalue weighted by atomic mass is 35.5. The van der Waals surface area contributed by atoms with Crippen LogP contribution < -0.4 is 5.32 Å². The van der Waals surface area contributed by atoms with Crippen LogP contribution in [-0.4, -0.2) is 21.9 Å². The lowest BCUT2D eigenvalue weighted by molar-refractivity contribution is 0.102. The molecule has 0 spiro atoms. The van der Waals surface area contributed by atoms with E-state index >= 15 is 0 Å². The molecule has 4 aromatic rings. The number of carbonyl (C=O) groups excluding carboxylic acids is 1. The highest BCUT2D eigenvalue weighted by Crippen LogP contribution is 2.32. The molecule has 31 heavy (non-hydrogen) atoms. The van der Waals surface area contributed by atoms with Crippen LogP contribution in [0.1, 0.15) is 10.4 Å². The Hall–Kier alpha value is -3.09.